The van der Waals surface area contributed by atoms with Crippen LogP contribution in [0.3, 0.4) is 0 Å². The van der Waals surface area contributed by atoms with Crippen LogP contribution in [0.2, 0.25) is 0 Å². The summed E-state index contributed by atoms with van der Waals surface area (Å²) in [6.45, 7) is 3.70. The maximum Gasteiger partial charge on any atom is 0.340 e. The van der Waals surface area contributed by atoms with E-state index in [1.165, 1.54) is 7.11 Å². The van der Waals surface area contributed by atoms with Crippen LogP contribution in [0.1, 0.15) is 35.8 Å². The van der Waals surface area contributed by atoms with Gasteiger partial charge in [-0.15, -0.1) is 0 Å². The van der Waals surface area contributed by atoms with Gasteiger partial charge in [0.1, 0.15) is 11.3 Å². The van der Waals surface area contributed by atoms with Crippen LogP contribution in [0.15, 0.2) is 18.2 Å². The Morgan fingerprint density at radius 1 is 1.37 bits per heavy atom. The minimum absolute atomic E-state index is 0.0652. The molecule has 0 radical (unpaired) electrons. The molecule has 0 bridgehead atoms. The summed E-state index contributed by atoms with van der Waals surface area (Å²) in [7, 11) is 1.50. The Hall–Kier alpha value is -2.30. The van der Waals surface area contributed by atoms with Gasteiger partial charge in [0, 0.05) is 5.39 Å². The van der Waals surface area contributed by atoms with Gasteiger partial charge >= 0.3 is 5.97 Å². The van der Waals surface area contributed by atoms with Gasteiger partial charge in [0.25, 0.3) is 0 Å². The maximum atomic E-state index is 11.4. The molecule has 1 aromatic heterocycles. The number of hydrogen-bond donors (Lipinski definition) is 2. The van der Waals surface area contributed by atoms with E-state index in [9.17, 15) is 15.0 Å². The van der Waals surface area contributed by atoms with Gasteiger partial charge < -0.3 is 14.9 Å². The van der Waals surface area contributed by atoms with Gasteiger partial charge in [-0.3, -0.25) is 0 Å². The highest BCUT2D eigenvalue weighted by molar-refractivity contribution is 6.05. The van der Waals surface area contributed by atoms with Crippen molar-refractivity contribution in [2.45, 2.75) is 19.8 Å². The lowest BCUT2D eigenvalue weighted by molar-refractivity contribution is 0.0695. The first kappa shape index (κ1) is 13.1. The lowest BCUT2D eigenvalue weighted by atomic mass is 10.0. The van der Waals surface area contributed by atoms with E-state index < -0.39 is 5.97 Å². The van der Waals surface area contributed by atoms with Gasteiger partial charge in [0.15, 0.2) is 5.75 Å². The van der Waals surface area contributed by atoms with Crippen LogP contribution in [0.4, 0.5) is 0 Å². The van der Waals surface area contributed by atoms with E-state index in [2.05, 4.69) is 4.98 Å². The van der Waals surface area contributed by atoms with E-state index in [-0.39, 0.29) is 17.2 Å². The maximum absolute atomic E-state index is 11.4. The lowest BCUT2D eigenvalue weighted by Gasteiger charge is -2.13. The standard InChI is InChI=1S/C14H15NO4/c1-7(2)12-13(16)11(14(17)18)9-6-8(19-3)4-5-10(9)15-12/h4-7,16H,1-3H3,(H,17,18). The second-order valence-electron chi connectivity index (χ2n) is 4.56. The minimum Gasteiger partial charge on any atom is -0.505 e. The average Bonchev–Trinajstić information content (AvgIpc) is 2.36. The number of pyridine rings is 1. The summed E-state index contributed by atoms with van der Waals surface area (Å²) in [6.07, 6.45) is 0. The fourth-order valence-corrected chi connectivity index (χ4v) is 2.00. The molecule has 19 heavy (non-hydrogen) atoms. The number of fused-ring (bicyclic) bond motifs is 1. The molecule has 100 valence electrons. The molecule has 0 amide bonds. The number of carbonyl (C=O) groups is 1. The van der Waals surface area contributed by atoms with Crippen molar-refractivity contribution < 1.29 is 19.7 Å². The SMILES string of the molecule is COc1ccc2nc(C(C)C)c(O)c(C(=O)O)c2c1. The van der Waals surface area contributed by atoms with Crippen LogP contribution in [-0.4, -0.2) is 28.3 Å². The zero-order valence-electron chi connectivity index (χ0n) is 11.0. The summed E-state index contributed by atoms with van der Waals surface area (Å²) in [6, 6.07) is 4.96. The van der Waals surface area contributed by atoms with E-state index in [1.807, 2.05) is 13.8 Å². The van der Waals surface area contributed by atoms with Gasteiger partial charge in [-0.25, -0.2) is 9.78 Å². The third kappa shape index (κ3) is 2.19. The second-order valence-corrected chi connectivity index (χ2v) is 4.56. The quantitative estimate of drug-likeness (QED) is 0.888. The van der Waals surface area contributed by atoms with E-state index in [0.29, 0.717) is 22.3 Å². The molecule has 0 saturated heterocycles. The summed E-state index contributed by atoms with van der Waals surface area (Å²) in [5.74, 6) is -0.999. The van der Waals surface area contributed by atoms with Gasteiger partial charge in [0.2, 0.25) is 0 Å². The predicted octanol–water partition coefficient (Wildman–Crippen LogP) is 2.77. The van der Waals surface area contributed by atoms with Gasteiger partial charge in [-0.1, -0.05) is 13.8 Å². The molecule has 5 nitrogen and oxygen atoms in total. The Morgan fingerprint density at radius 2 is 2.05 bits per heavy atom. The Morgan fingerprint density at radius 3 is 2.58 bits per heavy atom. The number of hydrogen-bond acceptors (Lipinski definition) is 4. The van der Waals surface area contributed by atoms with Crippen LogP contribution in [0, 0.1) is 0 Å². The molecule has 1 heterocycles. The van der Waals surface area contributed by atoms with Crippen LogP contribution in [-0.2, 0) is 0 Å². The molecule has 0 aliphatic rings. The first-order valence-corrected chi connectivity index (χ1v) is 5.89. The van der Waals surface area contributed by atoms with Crippen molar-refractivity contribution in [3.63, 3.8) is 0 Å². The first-order valence-electron chi connectivity index (χ1n) is 5.89. The number of nitrogens with zero attached hydrogens (tertiary/aromatic N) is 1. The van der Waals surface area contributed by atoms with Gasteiger partial charge in [0.05, 0.1) is 18.3 Å². The number of aromatic nitrogens is 1. The molecule has 0 aliphatic heterocycles. The van der Waals surface area contributed by atoms with E-state index >= 15 is 0 Å². The smallest absolute Gasteiger partial charge is 0.340 e. The van der Waals surface area contributed by atoms with Crippen molar-refractivity contribution in [3.8, 4) is 11.5 Å². The highest BCUT2D eigenvalue weighted by atomic mass is 16.5. The fourth-order valence-electron chi connectivity index (χ4n) is 2.00. The molecule has 0 atom stereocenters. The molecule has 0 aliphatic carbocycles. The normalized spacial score (nSPS) is 10.9. The van der Waals surface area contributed by atoms with Gasteiger partial charge in [-0.2, -0.15) is 0 Å². The number of rotatable bonds is 3. The number of ether oxygens (including phenoxy) is 1. The lowest BCUT2D eigenvalue weighted by Crippen LogP contribution is -2.04. The topological polar surface area (TPSA) is 79.7 Å². The van der Waals surface area contributed by atoms with Crippen molar-refractivity contribution in [2.75, 3.05) is 7.11 Å². The highest BCUT2D eigenvalue weighted by Crippen LogP contribution is 2.34. The second kappa shape index (κ2) is 4.76. The molecule has 0 spiro atoms. The molecular weight excluding hydrogens is 246 g/mol. The summed E-state index contributed by atoms with van der Waals surface area (Å²) in [4.78, 5) is 15.7. The first-order chi connectivity index (χ1) is 8.95. The molecule has 1 aromatic carbocycles. The van der Waals surface area contributed by atoms with Gasteiger partial charge in [-0.05, 0) is 24.1 Å². The van der Waals surface area contributed by atoms with Crippen molar-refractivity contribution in [1.82, 2.24) is 4.98 Å². The number of methoxy groups -OCH3 is 1. The number of benzene rings is 1. The molecule has 0 fully saturated rings. The van der Waals surface area contributed by atoms with Crippen molar-refractivity contribution in [1.29, 1.82) is 0 Å². The Balaban J connectivity index is 2.88. The minimum atomic E-state index is -1.18. The van der Waals surface area contributed by atoms with Crippen LogP contribution < -0.4 is 4.74 Å². The van der Waals surface area contributed by atoms with Crippen molar-refractivity contribution >= 4 is 16.9 Å². The highest BCUT2D eigenvalue weighted by Gasteiger charge is 2.21. The molecule has 0 unspecified atom stereocenters. The Kier molecular flexibility index (Phi) is 3.29. The summed E-state index contributed by atoms with van der Waals surface area (Å²) < 4.78 is 5.07. The van der Waals surface area contributed by atoms with Crippen LogP contribution in [0.5, 0.6) is 11.5 Å². The largest absolute Gasteiger partial charge is 0.505 e. The van der Waals surface area contributed by atoms with Crippen LogP contribution >= 0.6 is 0 Å². The zero-order chi connectivity index (χ0) is 14.2. The van der Waals surface area contributed by atoms with Crippen molar-refractivity contribution in [3.05, 3.63) is 29.5 Å². The Labute approximate surface area is 110 Å². The number of carboxylic acids is 1. The van der Waals surface area contributed by atoms with E-state index in [0.717, 1.165) is 0 Å². The number of aromatic hydroxyl groups is 1. The molecule has 2 aromatic rings. The molecular formula is C14H15NO4. The fraction of sp³-hybridized carbons (Fsp3) is 0.286. The van der Waals surface area contributed by atoms with E-state index in [4.69, 9.17) is 4.74 Å². The molecule has 0 saturated carbocycles. The third-order valence-corrected chi connectivity index (χ3v) is 2.95. The summed E-state index contributed by atoms with van der Waals surface area (Å²) in [5, 5.41) is 19.8. The molecule has 5 heteroatoms. The van der Waals surface area contributed by atoms with Crippen LogP contribution in [0.25, 0.3) is 10.9 Å². The van der Waals surface area contributed by atoms with Crippen molar-refractivity contribution in [2.24, 2.45) is 0 Å². The number of aromatic carboxylic acids is 1. The predicted molar refractivity (Wildman–Crippen MR) is 71.0 cm³/mol. The van der Waals surface area contributed by atoms with E-state index in [1.54, 1.807) is 18.2 Å². The number of carboxylic acid groups (broad SMARTS) is 1. The third-order valence-electron chi connectivity index (χ3n) is 2.95. The zero-order valence-corrected chi connectivity index (χ0v) is 11.0. The summed E-state index contributed by atoms with van der Waals surface area (Å²) in [5.41, 5.74) is 0.780. The molecule has 2 rings (SSSR count). The Bertz CT molecular complexity index is 649. The molecule has 2 N–H and O–H groups in total. The summed E-state index contributed by atoms with van der Waals surface area (Å²) >= 11 is 0. The average molecular weight is 261 g/mol. The monoisotopic (exact) mass is 261 g/mol.